The smallest absolute Gasteiger partial charge is 0.243 e. The van der Waals surface area contributed by atoms with Crippen molar-refractivity contribution in [2.24, 2.45) is 0 Å². The van der Waals surface area contributed by atoms with Gasteiger partial charge in [0.15, 0.2) is 0 Å². The van der Waals surface area contributed by atoms with E-state index in [2.05, 4.69) is 12.2 Å². The van der Waals surface area contributed by atoms with E-state index in [1.54, 1.807) is 16.4 Å². The van der Waals surface area contributed by atoms with Crippen LogP contribution in [0.1, 0.15) is 25.8 Å². The van der Waals surface area contributed by atoms with Gasteiger partial charge in [-0.3, -0.25) is 0 Å². The van der Waals surface area contributed by atoms with Crippen molar-refractivity contribution in [1.82, 2.24) is 9.62 Å². The molecule has 0 bridgehead atoms. The van der Waals surface area contributed by atoms with E-state index >= 15 is 0 Å². The normalized spacial score (nSPS) is 16.6. The quantitative estimate of drug-likeness (QED) is 0.862. The lowest BCUT2D eigenvalue weighted by atomic mass is 10.1. The van der Waals surface area contributed by atoms with Crippen LogP contribution < -0.4 is 5.32 Å². The van der Waals surface area contributed by atoms with Crippen molar-refractivity contribution in [3.05, 3.63) is 29.8 Å². The Morgan fingerprint density at radius 3 is 2.26 bits per heavy atom. The Labute approximate surface area is 115 Å². The highest BCUT2D eigenvalue weighted by molar-refractivity contribution is 7.89. The number of likely N-dealkylation sites (N-methyl/N-ethyl adjacent to an activating group) is 1. The van der Waals surface area contributed by atoms with Crippen molar-refractivity contribution in [2.45, 2.75) is 37.6 Å². The third-order valence-electron chi connectivity index (χ3n) is 3.55. The number of aryl methyl sites for hydroxylation is 1. The van der Waals surface area contributed by atoms with Gasteiger partial charge >= 0.3 is 0 Å². The Balaban J connectivity index is 2.22. The van der Waals surface area contributed by atoms with E-state index in [1.807, 2.05) is 19.1 Å². The maximum Gasteiger partial charge on any atom is 0.243 e. The van der Waals surface area contributed by atoms with Gasteiger partial charge in [-0.25, -0.2) is 8.42 Å². The number of nitrogens with one attached hydrogen (secondary N) is 1. The second-order valence-electron chi connectivity index (χ2n) is 4.91. The first-order valence-electron chi connectivity index (χ1n) is 6.91. The third kappa shape index (κ3) is 2.99. The van der Waals surface area contributed by atoms with Gasteiger partial charge in [0.25, 0.3) is 0 Å². The van der Waals surface area contributed by atoms with Gasteiger partial charge in [0.1, 0.15) is 0 Å². The summed E-state index contributed by atoms with van der Waals surface area (Å²) < 4.78 is 26.7. The maximum atomic E-state index is 12.6. The highest BCUT2D eigenvalue weighted by Crippen LogP contribution is 2.20. The molecule has 0 amide bonds. The monoisotopic (exact) mass is 282 g/mol. The van der Waals surface area contributed by atoms with Gasteiger partial charge in [-0.05, 0) is 24.1 Å². The van der Waals surface area contributed by atoms with Gasteiger partial charge in [-0.15, -0.1) is 0 Å². The maximum absolute atomic E-state index is 12.6. The van der Waals surface area contributed by atoms with Crippen LogP contribution in [0, 0.1) is 0 Å². The van der Waals surface area contributed by atoms with Gasteiger partial charge in [0.05, 0.1) is 4.90 Å². The number of nitrogens with zero attached hydrogens (tertiary/aromatic N) is 1. The molecule has 0 aromatic heterocycles. The molecule has 1 aliphatic rings. The van der Waals surface area contributed by atoms with Crippen molar-refractivity contribution < 1.29 is 8.42 Å². The van der Waals surface area contributed by atoms with Crippen LogP contribution in [0.15, 0.2) is 29.2 Å². The standard InChI is InChI=1S/C14H22N2O2S/c1-3-5-12-6-8-14(9-7-12)19(17,18)16(4-2)13-10-15-11-13/h6-9,13,15H,3-5,10-11H2,1-2H3. The molecule has 106 valence electrons. The third-order valence-corrected chi connectivity index (χ3v) is 5.59. The number of hydrogen-bond acceptors (Lipinski definition) is 3. The molecule has 0 radical (unpaired) electrons. The predicted molar refractivity (Wildman–Crippen MR) is 76.7 cm³/mol. The summed E-state index contributed by atoms with van der Waals surface area (Å²) in [7, 11) is -3.35. The zero-order chi connectivity index (χ0) is 13.9. The van der Waals surface area contributed by atoms with Crippen molar-refractivity contribution in [1.29, 1.82) is 0 Å². The van der Waals surface area contributed by atoms with Gasteiger partial charge in [-0.1, -0.05) is 32.4 Å². The molecule has 1 fully saturated rings. The van der Waals surface area contributed by atoms with Crippen molar-refractivity contribution in [2.75, 3.05) is 19.6 Å². The van der Waals surface area contributed by atoms with E-state index in [1.165, 1.54) is 5.56 Å². The van der Waals surface area contributed by atoms with Gasteiger partial charge in [-0.2, -0.15) is 4.31 Å². The molecule has 0 atom stereocenters. The Bertz CT molecular complexity index is 507. The zero-order valence-corrected chi connectivity index (χ0v) is 12.4. The fourth-order valence-electron chi connectivity index (χ4n) is 2.35. The molecule has 2 rings (SSSR count). The van der Waals surface area contributed by atoms with Crippen LogP contribution in [0.5, 0.6) is 0 Å². The highest BCUT2D eigenvalue weighted by Gasteiger charge is 2.33. The molecular weight excluding hydrogens is 260 g/mol. The number of benzene rings is 1. The molecule has 1 heterocycles. The van der Waals surface area contributed by atoms with Gasteiger partial charge in [0.2, 0.25) is 10.0 Å². The van der Waals surface area contributed by atoms with E-state index in [-0.39, 0.29) is 6.04 Å². The second-order valence-corrected chi connectivity index (χ2v) is 6.80. The Kier molecular flexibility index (Phi) is 4.60. The van der Waals surface area contributed by atoms with Gasteiger partial charge < -0.3 is 5.32 Å². The molecule has 19 heavy (non-hydrogen) atoms. The molecule has 0 spiro atoms. The predicted octanol–water partition coefficient (Wildman–Crippen LogP) is 1.62. The van der Waals surface area contributed by atoms with Crippen LogP contribution in [-0.4, -0.2) is 38.4 Å². The summed E-state index contributed by atoms with van der Waals surface area (Å²) in [5.41, 5.74) is 1.19. The van der Waals surface area contributed by atoms with E-state index in [9.17, 15) is 8.42 Å². The van der Waals surface area contributed by atoms with Crippen LogP contribution in [0.3, 0.4) is 0 Å². The van der Waals surface area contributed by atoms with E-state index in [4.69, 9.17) is 0 Å². The minimum absolute atomic E-state index is 0.102. The first-order chi connectivity index (χ1) is 9.09. The van der Waals surface area contributed by atoms with Crippen molar-refractivity contribution in [3.8, 4) is 0 Å². The lowest BCUT2D eigenvalue weighted by Crippen LogP contribution is -2.58. The lowest BCUT2D eigenvalue weighted by Gasteiger charge is -2.36. The average Bonchev–Trinajstić information content (AvgIpc) is 2.34. The Morgan fingerprint density at radius 1 is 1.21 bits per heavy atom. The van der Waals surface area contributed by atoms with E-state index < -0.39 is 10.0 Å². The molecule has 0 aliphatic carbocycles. The molecule has 1 aromatic rings. The minimum atomic E-state index is -3.35. The number of hydrogen-bond donors (Lipinski definition) is 1. The van der Waals surface area contributed by atoms with Crippen molar-refractivity contribution >= 4 is 10.0 Å². The number of sulfonamides is 1. The summed E-state index contributed by atoms with van der Waals surface area (Å²) in [5, 5.41) is 3.12. The first kappa shape index (κ1) is 14.5. The molecule has 5 heteroatoms. The highest BCUT2D eigenvalue weighted by atomic mass is 32.2. The average molecular weight is 282 g/mol. The molecule has 1 N–H and O–H groups in total. The topological polar surface area (TPSA) is 49.4 Å². The largest absolute Gasteiger partial charge is 0.313 e. The van der Waals surface area contributed by atoms with E-state index in [0.717, 1.165) is 25.9 Å². The molecular formula is C14H22N2O2S. The molecule has 0 unspecified atom stereocenters. The first-order valence-corrected chi connectivity index (χ1v) is 8.35. The van der Waals surface area contributed by atoms with Crippen LogP contribution in [-0.2, 0) is 16.4 Å². The lowest BCUT2D eigenvalue weighted by molar-refractivity contribution is 0.249. The molecule has 1 saturated heterocycles. The minimum Gasteiger partial charge on any atom is -0.313 e. The fourth-order valence-corrected chi connectivity index (χ4v) is 3.99. The van der Waals surface area contributed by atoms with Gasteiger partial charge in [0, 0.05) is 25.7 Å². The van der Waals surface area contributed by atoms with Crippen LogP contribution in [0.2, 0.25) is 0 Å². The van der Waals surface area contributed by atoms with E-state index in [0.29, 0.717) is 11.4 Å². The second kappa shape index (κ2) is 6.03. The SMILES string of the molecule is CCCc1ccc(S(=O)(=O)N(CC)C2CNC2)cc1. The number of rotatable bonds is 6. The molecule has 1 aromatic carbocycles. The summed E-state index contributed by atoms with van der Waals surface area (Å²) in [6, 6.07) is 7.40. The summed E-state index contributed by atoms with van der Waals surface area (Å²) in [5.74, 6) is 0. The Hall–Kier alpha value is -0.910. The molecule has 1 aliphatic heterocycles. The summed E-state index contributed by atoms with van der Waals surface area (Å²) in [6.45, 7) is 6.03. The fraction of sp³-hybridized carbons (Fsp3) is 0.571. The van der Waals surface area contributed by atoms with Crippen molar-refractivity contribution in [3.63, 3.8) is 0 Å². The zero-order valence-electron chi connectivity index (χ0n) is 11.6. The van der Waals surface area contributed by atoms with Crippen LogP contribution in [0.4, 0.5) is 0 Å². The molecule has 4 nitrogen and oxygen atoms in total. The summed E-state index contributed by atoms with van der Waals surface area (Å²) in [4.78, 5) is 0.404. The van der Waals surface area contributed by atoms with Crippen LogP contribution >= 0.6 is 0 Å². The Morgan fingerprint density at radius 2 is 1.84 bits per heavy atom. The summed E-state index contributed by atoms with van der Waals surface area (Å²) >= 11 is 0. The molecule has 0 saturated carbocycles. The van der Waals surface area contributed by atoms with Crippen LogP contribution in [0.25, 0.3) is 0 Å². The summed E-state index contributed by atoms with van der Waals surface area (Å²) in [6.07, 6.45) is 2.06.